The number of hydrogen-bond donors (Lipinski definition) is 1. The Morgan fingerprint density at radius 2 is 2.12 bits per heavy atom. The molecule has 1 heterocycles. The van der Waals surface area contributed by atoms with E-state index >= 15 is 0 Å². The molecule has 84 valence electrons. The Hall–Kier alpha value is -1.97. The number of nitrogens with one attached hydrogen (secondary N) is 1. The van der Waals surface area contributed by atoms with E-state index in [1.54, 1.807) is 20.4 Å². The standard InChI is InChI=1S/C12H13NO3/c1-15-8-3-4-9-10(5-8)12(16-2)6-13-11(9)7-14/h3-7,11,13H,1-2H3. The van der Waals surface area contributed by atoms with Crippen LogP contribution in [-0.2, 0) is 9.53 Å². The highest BCUT2D eigenvalue weighted by Gasteiger charge is 2.21. The van der Waals surface area contributed by atoms with Gasteiger partial charge in [-0.05, 0) is 17.7 Å². The van der Waals surface area contributed by atoms with Crippen molar-refractivity contribution in [2.24, 2.45) is 0 Å². The van der Waals surface area contributed by atoms with E-state index in [1.165, 1.54) is 0 Å². The van der Waals surface area contributed by atoms with Gasteiger partial charge >= 0.3 is 0 Å². The first kappa shape index (κ1) is 10.5. The van der Waals surface area contributed by atoms with Crippen LogP contribution in [0.1, 0.15) is 17.2 Å². The topological polar surface area (TPSA) is 47.6 Å². The maximum absolute atomic E-state index is 10.9. The Kier molecular flexibility index (Phi) is 2.81. The number of benzene rings is 1. The van der Waals surface area contributed by atoms with Crippen LogP contribution < -0.4 is 10.1 Å². The van der Waals surface area contributed by atoms with Crippen LogP contribution in [0.25, 0.3) is 5.76 Å². The summed E-state index contributed by atoms with van der Waals surface area (Å²) in [5.74, 6) is 1.44. The van der Waals surface area contributed by atoms with E-state index in [1.807, 2.05) is 18.2 Å². The normalized spacial score (nSPS) is 17.9. The average molecular weight is 219 g/mol. The third kappa shape index (κ3) is 1.62. The molecule has 1 aromatic carbocycles. The van der Waals surface area contributed by atoms with Gasteiger partial charge in [-0.2, -0.15) is 0 Å². The Morgan fingerprint density at radius 1 is 1.31 bits per heavy atom. The van der Waals surface area contributed by atoms with Gasteiger partial charge in [-0.1, -0.05) is 6.07 Å². The van der Waals surface area contributed by atoms with Gasteiger partial charge in [0.15, 0.2) is 0 Å². The van der Waals surface area contributed by atoms with Crippen LogP contribution >= 0.6 is 0 Å². The van der Waals surface area contributed by atoms with Crippen LogP contribution in [-0.4, -0.2) is 20.5 Å². The van der Waals surface area contributed by atoms with E-state index in [2.05, 4.69) is 5.32 Å². The van der Waals surface area contributed by atoms with Gasteiger partial charge in [0.1, 0.15) is 23.8 Å². The summed E-state index contributed by atoms with van der Waals surface area (Å²) in [6, 6.07) is 5.24. The fraction of sp³-hybridized carbons (Fsp3) is 0.250. The summed E-state index contributed by atoms with van der Waals surface area (Å²) in [6.45, 7) is 0. The fourth-order valence-electron chi connectivity index (χ4n) is 1.76. The lowest BCUT2D eigenvalue weighted by Crippen LogP contribution is -2.23. The maximum Gasteiger partial charge on any atom is 0.146 e. The maximum atomic E-state index is 10.9. The molecular weight excluding hydrogens is 206 g/mol. The van der Waals surface area contributed by atoms with Crippen LogP contribution in [0.3, 0.4) is 0 Å². The van der Waals surface area contributed by atoms with Crippen LogP contribution in [0, 0.1) is 0 Å². The molecule has 0 bridgehead atoms. The fourth-order valence-corrected chi connectivity index (χ4v) is 1.76. The molecule has 0 radical (unpaired) electrons. The summed E-state index contributed by atoms with van der Waals surface area (Å²) in [5.41, 5.74) is 1.79. The number of fused-ring (bicyclic) bond motifs is 1. The van der Waals surface area contributed by atoms with E-state index in [0.29, 0.717) is 5.76 Å². The number of carbonyl (C=O) groups is 1. The van der Waals surface area contributed by atoms with Gasteiger partial charge < -0.3 is 19.6 Å². The second kappa shape index (κ2) is 4.26. The summed E-state index contributed by atoms with van der Waals surface area (Å²) >= 11 is 0. The minimum atomic E-state index is -0.320. The number of hydrogen-bond acceptors (Lipinski definition) is 4. The van der Waals surface area contributed by atoms with Gasteiger partial charge in [0.05, 0.1) is 14.2 Å². The molecule has 1 aliphatic heterocycles. The molecule has 1 unspecified atom stereocenters. The minimum absolute atomic E-state index is 0.320. The van der Waals surface area contributed by atoms with E-state index in [4.69, 9.17) is 9.47 Å². The molecule has 2 rings (SSSR count). The zero-order valence-corrected chi connectivity index (χ0v) is 9.19. The summed E-state index contributed by atoms with van der Waals surface area (Å²) < 4.78 is 10.4. The second-order valence-electron chi connectivity index (χ2n) is 3.45. The Balaban J connectivity index is 2.52. The lowest BCUT2D eigenvalue weighted by Gasteiger charge is -2.23. The molecule has 1 atom stereocenters. The number of rotatable bonds is 3. The summed E-state index contributed by atoms with van der Waals surface area (Å²) in [6.07, 6.45) is 2.56. The molecule has 4 nitrogen and oxygen atoms in total. The van der Waals surface area contributed by atoms with Gasteiger partial charge in [0.2, 0.25) is 0 Å². The van der Waals surface area contributed by atoms with E-state index in [9.17, 15) is 4.79 Å². The lowest BCUT2D eigenvalue weighted by molar-refractivity contribution is -0.109. The Morgan fingerprint density at radius 3 is 2.75 bits per heavy atom. The van der Waals surface area contributed by atoms with E-state index in [0.717, 1.165) is 23.2 Å². The van der Waals surface area contributed by atoms with Crippen LogP contribution in [0.5, 0.6) is 5.75 Å². The van der Waals surface area contributed by atoms with E-state index < -0.39 is 0 Å². The molecule has 0 saturated heterocycles. The highest BCUT2D eigenvalue weighted by Crippen LogP contribution is 2.31. The molecular formula is C12H13NO3. The van der Waals surface area contributed by atoms with Crippen molar-refractivity contribution in [2.75, 3.05) is 14.2 Å². The monoisotopic (exact) mass is 219 g/mol. The number of ether oxygens (including phenoxy) is 2. The molecule has 0 aromatic heterocycles. The molecule has 16 heavy (non-hydrogen) atoms. The highest BCUT2D eigenvalue weighted by molar-refractivity contribution is 5.74. The third-order valence-corrected chi connectivity index (χ3v) is 2.61. The van der Waals surface area contributed by atoms with Gasteiger partial charge in [-0.25, -0.2) is 0 Å². The molecule has 1 aliphatic rings. The molecule has 0 aliphatic carbocycles. The molecule has 0 saturated carbocycles. The average Bonchev–Trinajstić information content (AvgIpc) is 2.36. The van der Waals surface area contributed by atoms with Crippen molar-refractivity contribution >= 4 is 12.0 Å². The van der Waals surface area contributed by atoms with Crippen LogP contribution in [0.15, 0.2) is 24.4 Å². The first-order chi connectivity index (χ1) is 7.80. The predicted octanol–water partition coefficient (Wildman–Crippen LogP) is 1.48. The van der Waals surface area contributed by atoms with Crippen molar-refractivity contribution < 1.29 is 14.3 Å². The third-order valence-electron chi connectivity index (χ3n) is 2.61. The van der Waals surface area contributed by atoms with Crippen LogP contribution in [0.2, 0.25) is 0 Å². The van der Waals surface area contributed by atoms with Crippen molar-refractivity contribution in [3.05, 3.63) is 35.5 Å². The molecule has 4 heteroatoms. The second-order valence-corrected chi connectivity index (χ2v) is 3.45. The van der Waals surface area contributed by atoms with Gasteiger partial charge in [-0.15, -0.1) is 0 Å². The van der Waals surface area contributed by atoms with Crippen molar-refractivity contribution in [1.29, 1.82) is 0 Å². The number of aldehydes is 1. The minimum Gasteiger partial charge on any atom is -0.497 e. The molecule has 0 amide bonds. The Labute approximate surface area is 93.9 Å². The first-order valence-corrected chi connectivity index (χ1v) is 4.94. The van der Waals surface area contributed by atoms with Crippen molar-refractivity contribution in [2.45, 2.75) is 6.04 Å². The highest BCUT2D eigenvalue weighted by atomic mass is 16.5. The summed E-state index contributed by atoms with van der Waals surface area (Å²) in [5, 5.41) is 2.97. The quantitative estimate of drug-likeness (QED) is 0.782. The summed E-state index contributed by atoms with van der Waals surface area (Å²) in [7, 11) is 3.20. The first-order valence-electron chi connectivity index (χ1n) is 4.94. The zero-order valence-electron chi connectivity index (χ0n) is 9.19. The van der Waals surface area contributed by atoms with E-state index in [-0.39, 0.29) is 6.04 Å². The van der Waals surface area contributed by atoms with Gasteiger partial charge in [0.25, 0.3) is 0 Å². The Bertz CT molecular complexity index is 440. The van der Waals surface area contributed by atoms with Gasteiger partial charge in [-0.3, -0.25) is 0 Å². The SMILES string of the molecule is COC1=CNC(C=O)c2ccc(OC)cc21. The predicted molar refractivity (Wildman–Crippen MR) is 59.9 cm³/mol. The lowest BCUT2D eigenvalue weighted by atomic mass is 9.97. The number of methoxy groups -OCH3 is 2. The van der Waals surface area contributed by atoms with Crippen molar-refractivity contribution in [3.63, 3.8) is 0 Å². The smallest absolute Gasteiger partial charge is 0.146 e. The largest absolute Gasteiger partial charge is 0.497 e. The molecule has 0 fully saturated rings. The molecule has 0 spiro atoms. The van der Waals surface area contributed by atoms with Gasteiger partial charge in [0, 0.05) is 11.8 Å². The van der Waals surface area contributed by atoms with Crippen molar-refractivity contribution in [1.82, 2.24) is 5.32 Å². The van der Waals surface area contributed by atoms with Crippen LogP contribution in [0.4, 0.5) is 0 Å². The summed E-state index contributed by atoms with van der Waals surface area (Å²) in [4.78, 5) is 10.9. The molecule has 1 N–H and O–H groups in total. The molecule has 1 aromatic rings. The zero-order chi connectivity index (χ0) is 11.5. The number of carbonyl (C=O) groups excluding carboxylic acids is 1. The van der Waals surface area contributed by atoms with Crippen molar-refractivity contribution in [3.8, 4) is 5.75 Å².